The second kappa shape index (κ2) is 6.17. The highest BCUT2D eigenvalue weighted by Crippen LogP contribution is 2.18. The summed E-state index contributed by atoms with van der Waals surface area (Å²) in [4.78, 5) is 32.3. The molecule has 2 aromatic rings. The number of nitrogens with one attached hydrogen (secondary N) is 2. The molecule has 0 saturated carbocycles. The number of rotatable bonds is 2. The number of likely N-dealkylation sites (N-methyl/N-ethyl adjacent to an activating group) is 1. The minimum Gasteiger partial charge on any atom is -0.355 e. The van der Waals surface area contributed by atoms with Crippen molar-refractivity contribution in [1.82, 2.24) is 30.1 Å². The Balaban J connectivity index is 1.67. The van der Waals surface area contributed by atoms with Crippen LogP contribution >= 0.6 is 0 Å². The molecule has 2 aliphatic rings. The molecule has 9 heteroatoms. The molecule has 0 aromatic carbocycles. The van der Waals surface area contributed by atoms with E-state index in [1.165, 1.54) is 0 Å². The first-order valence-corrected chi connectivity index (χ1v) is 8.22. The van der Waals surface area contributed by atoms with Gasteiger partial charge in [0, 0.05) is 31.4 Å². The van der Waals surface area contributed by atoms with E-state index in [0.29, 0.717) is 11.2 Å². The summed E-state index contributed by atoms with van der Waals surface area (Å²) >= 11 is 0. The smallest absolute Gasteiger partial charge is 0.326 e. The van der Waals surface area contributed by atoms with Gasteiger partial charge in [-0.25, -0.2) is 14.3 Å². The molecule has 3 amide bonds. The van der Waals surface area contributed by atoms with E-state index in [9.17, 15) is 9.59 Å². The van der Waals surface area contributed by atoms with Crippen LogP contribution in [0, 0.1) is 0 Å². The molecule has 2 N–H and O–H groups in total. The van der Waals surface area contributed by atoms with Crippen LogP contribution in [0.5, 0.6) is 0 Å². The molecule has 0 bridgehead atoms. The SMILES string of the molecule is CN1CCCN(c2ccn3ncc(C=C4NC(=O)NC4=O)c3n2)CC1. The zero-order chi connectivity index (χ0) is 17.4. The monoisotopic (exact) mass is 341 g/mol. The van der Waals surface area contributed by atoms with Gasteiger partial charge in [0.2, 0.25) is 0 Å². The Hall–Kier alpha value is -2.94. The summed E-state index contributed by atoms with van der Waals surface area (Å²) < 4.78 is 1.66. The van der Waals surface area contributed by atoms with Crippen LogP contribution in [-0.2, 0) is 4.79 Å². The largest absolute Gasteiger partial charge is 0.355 e. The van der Waals surface area contributed by atoms with Gasteiger partial charge < -0.3 is 15.1 Å². The normalized spacial score (nSPS) is 20.8. The number of amides is 3. The van der Waals surface area contributed by atoms with Gasteiger partial charge in [-0.05, 0) is 32.2 Å². The third-order valence-electron chi connectivity index (χ3n) is 4.44. The summed E-state index contributed by atoms with van der Waals surface area (Å²) in [5.74, 6) is 0.443. The highest BCUT2D eigenvalue weighted by Gasteiger charge is 2.23. The van der Waals surface area contributed by atoms with Crippen molar-refractivity contribution < 1.29 is 9.59 Å². The number of hydrogen-bond acceptors (Lipinski definition) is 6. The number of hydrogen-bond donors (Lipinski definition) is 2. The minimum absolute atomic E-state index is 0.198. The molecular weight excluding hydrogens is 322 g/mol. The zero-order valence-electron chi connectivity index (χ0n) is 13.9. The quantitative estimate of drug-likeness (QED) is 0.592. The second-order valence-corrected chi connectivity index (χ2v) is 6.26. The Morgan fingerprint density at radius 1 is 1.16 bits per heavy atom. The molecule has 0 unspecified atom stereocenters. The van der Waals surface area contributed by atoms with Crippen molar-refractivity contribution in [3.05, 3.63) is 29.7 Å². The minimum atomic E-state index is -0.518. The fourth-order valence-corrected chi connectivity index (χ4v) is 3.07. The number of carbonyl (C=O) groups is 2. The molecule has 2 fully saturated rings. The summed E-state index contributed by atoms with van der Waals surface area (Å²) in [6.07, 6.45) is 6.18. The van der Waals surface area contributed by atoms with Crippen molar-refractivity contribution in [2.45, 2.75) is 6.42 Å². The first-order valence-electron chi connectivity index (χ1n) is 8.22. The van der Waals surface area contributed by atoms with Crippen molar-refractivity contribution in [2.24, 2.45) is 0 Å². The van der Waals surface area contributed by atoms with Crippen LogP contribution in [0.25, 0.3) is 11.7 Å². The third kappa shape index (κ3) is 3.05. The molecule has 2 aromatic heterocycles. The number of anilines is 1. The molecule has 25 heavy (non-hydrogen) atoms. The van der Waals surface area contributed by atoms with Crippen molar-refractivity contribution in [3.8, 4) is 0 Å². The molecule has 4 rings (SSSR count). The topological polar surface area (TPSA) is 94.9 Å². The summed E-state index contributed by atoms with van der Waals surface area (Å²) in [5.41, 5.74) is 1.53. The molecule has 0 atom stereocenters. The van der Waals surface area contributed by atoms with E-state index >= 15 is 0 Å². The highest BCUT2D eigenvalue weighted by atomic mass is 16.2. The molecule has 2 aliphatic heterocycles. The Morgan fingerprint density at radius 2 is 2.04 bits per heavy atom. The lowest BCUT2D eigenvalue weighted by Crippen LogP contribution is -2.29. The van der Waals surface area contributed by atoms with Gasteiger partial charge in [0.25, 0.3) is 5.91 Å². The number of aromatic nitrogens is 3. The van der Waals surface area contributed by atoms with Gasteiger partial charge in [-0.15, -0.1) is 0 Å². The lowest BCUT2D eigenvalue weighted by molar-refractivity contribution is -0.115. The maximum atomic E-state index is 11.7. The van der Waals surface area contributed by atoms with Gasteiger partial charge in [-0.2, -0.15) is 5.10 Å². The maximum absolute atomic E-state index is 11.7. The average Bonchev–Trinajstić information content (AvgIpc) is 3.04. The van der Waals surface area contributed by atoms with E-state index in [1.54, 1.807) is 16.8 Å². The summed E-state index contributed by atoms with van der Waals surface area (Å²) in [6, 6.07) is 1.43. The number of imide groups is 1. The first-order chi connectivity index (χ1) is 12.1. The van der Waals surface area contributed by atoms with Crippen LogP contribution in [0.3, 0.4) is 0 Å². The molecule has 9 nitrogen and oxygen atoms in total. The van der Waals surface area contributed by atoms with Gasteiger partial charge >= 0.3 is 6.03 Å². The molecule has 130 valence electrons. The molecular formula is C16H19N7O2. The number of nitrogens with zero attached hydrogens (tertiary/aromatic N) is 5. The fraction of sp³-hybridized carbons (Fsp3) is 0.375. The maximum Gasteiger partial charge on any atom is 0.326 e. The van der Waals surface area contributed by atoms with Crippen LogP contribution < -0.4 is 15.5 Å². The molecule has 0 aliphatic carbocycles. The van der Waals surface area contributed by atoms with Crippen molar-refractivity contribution in [2.75, 3.05) is 38.1 Å². The van der Waals surface area contributed by atoms with Crippen LogP contribution in [0.15, 0.2) is 24.2 Å². The van der Waals surface area contributed by atoms with Crippen LogP contribution in [-0.4, -0.2) is 64.7 Å². The number of fused-ring (bicyclic) bond motifs is 1. The van der Waals surface area contributed by atoms with Crippen molar-refractivity contribution >= 4 is 29.5 Å². The third-order valence-corrected chi connectivity index (χ3v) is 4.44. The lowest BCUT2D eigenvalue weighted by Gasteiger charge is -2.21. The van der Waals surface area contributed by atoms with E-state index in [1.807, 2.05) is 12.3 Å². The summed E-state index contributed by atoms with van der Waals surface area (Å²) in [7, 11) is 2.13. The Morgan fingerprint density at radius 3 is 2.84 bits per heavy atom. The molecule has 0 radical (unpaired) electrons. The van der Waals surface area contributed by atoms with E-state index < -0.39 is 11.9 Å². The second-order valence-electron chi connectivity index (χ2n) is 6.26. The van der Waals surface area contributed by atoms with Gasteiger partial charge in [-0.3, -0.25) is 10.1 Å². The summed E-state index contributed by atoms with van der Waals surface area (Å²) in [6.45, 7) is 3.95. The van der Waals surface area contributed by atoms with Gasteiger partial charge in [0.05, 0.1) is 6.20 Å². The zero-order valence-corrected chi connectivity index (χ0v) is 13.9. The van der Waals surface area contributed by atoms with Crippen molar-refractivity contribution in [3.63, 3.8) is 0 Å². The van der Waals surface area contributed by atoms with Gasteiger partial charge in [-0.1, -0.05) is 0 Å². The predicted molar refractivity (Wildman–Crippen MR) is 92.0 cm³/mol. The van der Waals surface area contributed by atoms with Crippen LogP contribution in [0.1, 0.15) is 12.0 Å². The first kappa shape index (κ1) is 15.6. The van der Waals surface area contributed by atoms with Crippen LogP contribution in [0.2, 0.25) is 0 Å². The Labute approximate surface area is 144 Å². The van der Waals surface area contributed by atoms with Gasteiger partial charge in [0.1, 0.15) is 11.5 Å². The Kier molecular flexibility index (Phi) is 3.85. The highest BCUT2D eigenvalue weighted by molar-refractivity contribution is 6.14. The lowest BCUT2D eigenvalue weighted by atomic mass is 10.2. The number of urea groups is 1. The van der Waals surface area contributed by atoms with E-state index in [-0.39, 0.29) is 5.70 Å². The average molecular weight is 341 g/mol. The fourth-order valence-electron chi connectivity index (χ4n) is 3.07. The predicted octanol–water partition coefficient (Wildman–Crippen LogP) is 0.0515. The molecule has 4 heterocycles. The van der Waals surface area contributed by atoms with Gasteiger partial charge in [0.15, 0.2) is 5.65 Å². The Bertz CT molecular complexity index is 872. The van der Waals surface area contributed by atoms with Crippen molar-refractivity contribution in [1.29, 1.82) is 0 Å². The molecule has 2 saturated heterocycles. The van der Waals surface area contributed by atoms with E-state index in [0.717, 1.165) is 38.4 Å². The molecule has 0 spiro atoms. The van der Waals surface area contributed by atoms with E-state index in [4.69, 9.17) is 4.98 Å². The number of carbonyl (C=O) groups excluding carboxylic acids is 2. The standard InChI is InChI=1S/C16H19N7O2/c1-21-4-2-5-22(8-7-21)13-3-6-23-14(19-13)11(10-17-23)9-12-15(24)20-16(25)18-12/h3,6,9-10H,2,4-5,7-8H2,1H3,(H2,18,20,24,25). The van der Waals surface area contributed by atoms with E-state index in [2.05, 4.69) is 32.6 Å². The summed E-state index contributed by atoms with van der Waals surface area (Å²) in [5, 5.41) is 8.92. The van der Waals surface area contributed by atoms with Crippen LogP contribution in [0.4, 0.5) is 10.6 Å².